The molecule has 24 heavy (non-hydrogen) atoms. The Balaban J connectivity index is 1.94. The van der Waals surface area contributed by atoms with Crippen molar-refractivity contribution in [2.45, 2.75) is 6.04 Å². The Labute approximate surface area is 137 Å². The van der Waals surface area contributed by atoms with E-state index in [1.54, 1.807) is 6.07 Å². The zero-order valence-electron chi connectivity index (χ0n) is 12.6. The number of hydrogen-bond acceptors (Lipinski definition) is 4. The second-order valence-electron chi connectivity index (χ2n) is 5.20. The number of nitrogens with zero attached hydrogens (tertiary/aromatic N) is 2. The van der Waals surface area contributed by atoms with Gasteiger partial charge in [-0.3, -0.25) is 10.1 Å². The molecule has 1 aromatic heterocycles. The lowest BCUT2D eigenvalue weighted by Crippen LogP contribution is -2.13. The van der Waals surface area contributed by atoms with Crippen LogP contribution < -0.4 is 5.32 Å². The van der Waals surface area contributed by atoms with Crippen LogP contribution in [0.4, 0.5) is 15.9 Å². The van der Waals surface area contributed by atoms with E-state index in [0.717, 1.165) is 11.1 Å². The maximum absolute atomic E-state index is 13.6. The number of rotatable bonds is 5. The van der Waals surface area contributed by atoms with E-state index < -0.39 is 4.92 Å². The van der Waals surface area contributed by atoms with Crippen molar-refractivity contribution in [3.8, 4) is 0 Å². The highest BCUT2D eigenvalue weighted by Gasteiger charge is 2.16. The number of anilines is 1. The highest BCUT2D eigenvalue weighted by Crippen LogP contribution is 2.27. The number of nitrogens with one attached hydrogen (secondary N) is 1. The molecule has 0 fully saturated rings. The van der Waals surface area contributed by atoms with Gasteiger partial charge in [-0.2, -0.15) is 0 Å². The van der Waals surface area contributed by atoms with Gasteiger partial charge in [-0.05, 0) is 29.3 Å². The van der Waals surface area contributed by atoms with Crippen molar-refractivity contribution >= 4 is 11.5 Å². The molecule has 0 aliphatic carbocycles. The number of pyridine rings is 1. The van der Waals surface area contributed by atoms with Crippen LogP contribution in [0.2, 0.25) is 0 Å². The molecule has 0 saturated heterocycles. The molecule has 1 heterocycles. The van der Waals surface area contributed by atoms with Gasteiger partial charge in [0.05, 0.1) is 11.0 Å². The summed E-state index contributed by atoms with van der Waals surface area (Å²) in [5.74, 6) is 0.144. The van der Waals surface area contributed by atoms with Gasteiger partial charge in [0, 0.05) is 6.07 Å². The van der Waals surface area contributed by atoms with E-state index in [9.17, 15) is 14.5 Å². The third kappa shape index (κ3) is 3.55. The average Bonchev–Trinajstić information content (AvgIpc) is 2.61. The molecule has 120 valence electrons. The average molecular weight is 323 g/mol. The topological polar surface area (TPSA) is 68.1 Å². The van der Waals surface area contributed by atoms with Crippen LogP contribution in [0, 0.1) is 15.9 Å². The van der Waals surface area contributed by atoms with Crippen LogP contribution in [-0.4, -0.2) is 9.91 Å². The van der Waals surface area contributed by atoms with E-state index in [2.05, 4.69) is 10.3 Å². The van der Waals surface area contributed by atoms with Gasteiger partial charge in [-0.1, -0.05) is 42.5 Å². The molecule has 3 rings (SSSR count). The van der Waals surface area contributed by atoms with Crippen LogP contribution in [0.1, 0.15) is 17.2 Å². The van der Waals surface area contributed by atoms with Crippen molar-refractivity contribution in [1.82, 2.24) is 4.98 Å². The fourth-order valence-electron chi connectivity index (χ4n) is 2.42. The van der Waals surface area contributed by atoms with Crippen LogP contribution in [0.5, 0.6) is 0 Å². The first-order valence-corrected chi connectivity index (χ1v) is 7.31. The first-order chi connectivity index (χ1) is 11.6. The Bertz CT molecular complexity index is 838. The van der Waals surface area contributed by atoms with E-state index >= 15 is 0 Å². The van der Waals surface area contributed by atoms with Crippen LogP contribution in [0.15, 0.2) is 72.9 Å². The molecule has 0 aliphatic heterocycles. The van der Waals surface area contributed by atoms with Crippen LogP contribution >= 0.6 is 0 Å². The predicted molar refractivity (Wildman–Crippen MR) is 89.2 cm³/mol. The summed E-state index contributed by atoms with van der Waals surface area (Å²) in [6.45, 7) is 0. The highest BCUT2D eigenvalue weighted by molar-refractivity contribution is 5.46. The normalized spacial score (nSPS) is 11.7. The maximum Gasteiger partial charge on any atom is 0.287 e. The van der Waals surface area contributed by atoms with Crippen LogP contribution in [-0.2, 0) is 0 Å². The third-order valence-corrected chi connectivity index (χ3v) is 3.57. The lowest BCUT2D eigenvalue weighted by molar-refractivity contribution is -0.385. The first-order valence-electron chi connectivity index (χ1n) is 7.31. The Morgan fingerprint density at radius 3 is 2.38 bits per heavy atom. The fourth-order valence-corrected chi connectivity index (χ4v) is 2.42. The number of hydrogen-bond donors (Lipinski definition) is 1. The van der Waals surface area contributed by atoms with Gasteiger partial charge in [-0.25, -0.2) is 9.37 Å². The Kier molecular flexibility index (Phi) is 4.47. The summed E-state index contributed by atoms with van der Waals surface area (Å²) in [5, 5.41) is 13.9. The molecule has 0 bridgehead atoms. The van der Waals surface area contributed by atoms with Gasteiger partial charge < -0.3 is 5.32 Å². The Morgan fingerprint density at radius 2 is 1.75 bits per heavy atom. The monoisotopic (exact) mass is 323 g/mol. The second-order valence-corrected chi connectivity index (χ2v) is 5.20. The SMILES string of the molecule is O=[N+]([O-])c1ccc(NC(c2ccccc2)c2cccc(F)c2)nc1. The molecule has 0 amide bonds. The molecule has 1 atom stereocenters. The molecule has 5 nitrogen and oxygen atoms in total. The van der Waals surface area contributed by atoms with E-state index in [1.165, 1.54) is 30.5 Å². The number of aromatic nitrogens is 1. The van der Waals surface area contributed by atoms with Gasteiger partial charge in [0.2, 0.25) is 0 Å². The fraction of sp³-hybridized carbons (Fsp3) is 0.0556. The highest BCUT2D eigenvalue weighted by atomic mass is 19.1. The Hall–Kier alpha value is -3.28. The van der Waals surface area contributed by atoms with E-state index in [4.69, 9.17) is 0 Å². The van der Waals surface area contributed by atoms with E-state index in [-0.39, 0.29) is 17.5 Å². The van der Waals surface area contributed by atoms with Crippen molar-refractivity contribution in [1.29, 1.82) is 0 Å². The minimum absolute atomic E-state index is 0.0810. The van der Waals surface area contributed by atoms with Gasteiger partial charge in [0.1, 0.15) is 17.8 Å². The van der Waals surface area contributed by atoms with E-state index in [1.807, 2.05) is 36.4 Å². The van der Waals surface area contributed by atoms with Gasteiger partial charge in [0.25, 0.3) is 5.69 Å². The number of benzene rings is 2. The molecule has 0 saturated carbocycles. The zero-order chi connectivity index (χ0) is 16.9. The van der Waals surface area contributed by atoms with Gasteiger partial charge in [0.15, 0.2) is 0 Å². The first kappa shape index (κ1) is 15.6. The Morgan fingerprint density at radius 1 is 1.00 bits per heavy atom. The number of halogens is 1. The summed E-state index contributed by atoms with van der Waals surface area (Å²) < 4.78 is 13.6. The molecule has 3 aromatic rings. The summed E-state index contributed by atoms with van der Waals surface area (Å²) in [7, 11) is 0. The second kappa shape index (κ2) is 6.87. The molecule has 1 N–H and O–H groups in total. The molecule has 2 aromatic carbocycles. The summed E-state index contributed by atoms with van der Waals surface area (Å²) in [4.78, 5) is 14.3. The lowest BCUT2D eigenvalue weighted by atomic mass is 9.98. The zero-order valence-corrected chi connectivity index (χ0v) is 12.6. The van der Waals surface area contributed by atoms with Crippen LogP contribution in [0.3, 0.4) is 0 Å². The van der Waals surface area contributed by atoms with Crippen molar-refractivity contribution in [3.63, 3.8) is 0 Å². The maximum atomic E-state index is 13.6. The molecular weight excluding hydrogens is 309 g/mol. The van der Waals surface area contributed by atoms with Crippen molar-refractivity contribution in [3.05, 3.63) is 100.0 Å². The third-order valence-electron chi connectivity index (χ3n) is 3.57. The quantitative estimate of drug-likeness (QED) is 0.560. The minimum Gasteiger partial charge on any atom is -0.359 e. The number of nitro groups is 1. The van der Waals surface area contributed by atoms with Crippen LogP contribution in [0.25, 0.3) is 0 Å². The van der Waals surface area contributed by atoms with Gasteiger partial charge >= 0.3 is 0 Å². The smallest absolute Gasteiger partial charge is 0.287 e. The largest absolute Gasteiger partial charge is 0.359 e. The summed E-state index contributed by atoms with van der Waals surface area (Å²) in [6, 6.07) is 18.4. The lowest BCUT2D eigenvalue weighted by Gasteiger charge is -2.20. The summed E-state index contributed by atoms with van der Waals surface area (Å²) >= 11 is 0. The van der Waals surface area contributed by atoms with Crippen molar-refractivity contribution < 1.29 is 9.31 Å². The molecule has 6 heteroatoms. The molecule has 0 aliphatic rings. The standard InChI is InChI=1S/C18H14FN3O2/c19-15-8-4-7-14(11-15)18(13-5-2-1-3-6-13)21-17-10-9-16(12-20-17)22(23)24/h1-12,18H,(H,20,21). The molecule has 1 unspecified atom stereocenters. The van der Waals surface area contributed by atoms with Gasteiger partial charge in [-0.15, -0.1) is 0 Å². The van der Waals surface area contributed by atoms with Crippen molar-refractivity contribution in [2.24, 2.45) is 0 Å². The van der Waals surface area contributed by atoms with Crippen molar-refractivity contribution in [2.75, 3.05) is 5.32 Å². The summed E-state index contributed by atoms with van der Waals surface area (Å²) in [5.41, 5.74) is 1.59. The molecule has 0 spiro atoms. The predicted octanol–water partition coefficient (Wildman–Crippen LogP) is 4.33. The van der Waals surface area contributed by atoms with E-state index in [0.29, 0.717) is 5.82 Å². The molecule has 0 radical (unpaired) electrons. The minimum atomic E-state index is -0.502. The summed E-state index contributed by atoms with van der Waals surface area (Å²) in [6.07, 6.45) is 1.19. The molecular formula is C18H14FN3O2.